The monoisotopic (exact) mass is 404 g/mol. The summed E-state index contributed by atoms with van der Waals surface area (Å²) in [7, 11) is -1.27. The average Bonchev–Trinajstić information content (AvgIpc) is 2.72. The summed E-state index contributed by atoms with van der Waals surface area (Å²) in [6.45, 7) is 1.94. The van der Waals surface area contributed by atoms with E-state index in [1.54, 1.807) is 31.5 Å². The van der Waals surface area contributed by atoms with Gasteiger partial charge in [-0.15, -0.1) is 0 Å². The van der Waals surface area contributed by atoms with Gasteiger partial charge in [0.2, 0.25) is 0 Å². The van der Waals surface area contributed by atoms with Gasteiger partial charge >= 0.3 is 0 Å². The number of rotatable bonds is 3. The lowest BCUT2D eigenvalue weighted by atomic mass is 10.1. The number of hydrogen-bond donors (Lipinski definition) is 0. The molecule has 0 radical (unpaired) electrons. The number of methoxy groups -OCH3 is 1. The van der Waals surface area contributed by atoms with Gasteiger partial charge in [0.15, 0.2) is 0 Å². The number of pyridine rings is 1. The molecule has 2 aromatic carbocycles. The van der Waals surface area contributed by atoms with Gasteiger partial charge in [-0.1, -0.05) is 41.7 Å². The first-order valence-electron chi connectivity index (χ1n) is 8.82. The Kier molecular flexibility index (Phi) is 6.10. The van der Waals surface area contributed by atoms with Crippen LogP contribution in [-0.4, -0.2) is 28.5 Å². The molecule has 0 aliphatic rings. The third-order valence-electron chi connectivity index (χ3n) is 4.15. The second kappa shape index (κ2) is 8.72. The molecule has 0 aliphatic carbocycles. The second-order valence-electron chi connectivity index (χ2n) is 6.42. The number of amides is 1. The van der Waals surface area contributed by atoms with Gasteiger partial charge < -0.3 is 4.74 Å². The summed E-state index contributed by atoms with van der Waals surface area (Å²) in [6.07, 6.45) is 4.40. The number of nitrogens with zero attached hydrogens (tertiary/aromatic N) is 2. The van der Waals surface area contributed by atoms with Crippen LogP contribution < -0.4 is 4.74 Å². The van der Waals surface area contributed by atoms with E-state index in [1.165, 1.54) is 12.5 Å². The lowest BCUT2D eigenvalue weighted by molar-refractivity contribution is 0.100. The average molecular weight is 404 g/mol. The molecular weight excluding hydrogens is 384 g/mol. The smallest absolute Gasteiger partial charge is 0.286 e. The van der Waals surface area contributed by atoms with Crippen molar-refractivity contribution in [2.24, 2.45) is 4.36 Å². The zero-order valence-corrected chi connectivity index (χ0v) is 17.2. The Morgan fingerprint density at radius 2 is 1.79 bits per heavy atom. The van der Waals surface area contributed by atoms with Gasteiger partial charge in [0.05, 0.1) is 28.0 Å². The van der Waals surface area contributed by atoms with Crippen LogP contribution in [-0.2, 0) is 9.73 Å². The first-order chi connectivity index (χ1) is 13.9. The van der Waals surface area contributed by atoms with Crippen LogP contribution in [0, 0.1) is 18.8 Å². The standard InChI is InChI=1S/C23H20N2O3S/c1-17-8-12-21(13-9-17)29(3,27)25-23(26)20-14-18(15-24-16-20)10-11-19-6-4-5-7-22(19)28-2/h4-9,12-16H,1-3H3. The Morgan fingerprint density at radius 3 is 2.52 bits per heavy atom. The largest absolute Gasteiger partial charge is 0.495 e. The van der Waals surface area contributed by atoms with E-state index in [-0.39, 0.29) is 5.56 Å². The fraction of sp³-hybridized carbons (Fsp3) is 0.130. The molecule has 0 spiro atoms. The van der Waals surface area contributed by atoms with Crippen molar-refractivity contribution in [3.8, 4) is 17.6 Å². The van der Waals surface area contributed by atoms with Gasteiger partial charge in [-0.2, -0.15) is 4.36 Å². The van der Waals surface area contributed by atoms with Gasteiger partial charge in [0, 0.05) is 29.1 Å². The molecule has 1 atom stereocenters. The Hall–Kier alpha value is -3.43. The predicted octanol–water partition coefficient (Wildman–Crippen LogP) is 4.10. The third kappa shape index (κ3) is 5.09. The van der Waals surface area contributed by atoms with E-state index < -0.39 is 15.6 Å². The van der Waals surface area contributed by atoms with Crippen LogP contribution in [0.1, 0.15) is 27.0 Å². The maximum Gasteiger partial charge on any atom is 0.286 e. The van der Waals surface area contributed by atoms with Crippen LogP contribution in [0.15, 0.2) is 76.2 Å². The van der Waals surface area contributed by atoms with Crippen molar-refractivity contribution in [3.63, 3.8) is 0 Å². The molecule has 0 N–H and O–H groups in total. The summed E-state index contributed by atoms with van der Waals surface area (Å²) in [5, 5.41) is 0. The van der Waals surface area contributed by atoms with E-state index in [0.717, 1.165) is 11.1 Å². The summed E-state index contributed by atoms with van der Waals surface area (Å²) in [5.41, 5.74) is 2.56. The molecule has 1 unspecified atom stereocenters. The number of hydrogen-bond acceptors (Lipinski definition) is 4. The van der Waals surface area contributed by atoms with Crippen molar-refractivity contribution in [1.29, 1.82) is 0 Å². The Balaban J connectivity index is 1.90. The number of carbonyl (C=O) groups is 1. The Labute approximate surface area is 171 Å². The minimum atomic E-state index is -2.86. The molecule has 1 heterocycles. The minimum absolute atomic E-state index is 0.235. The summed E-state index contributed by atoms with van der Waals surface area (Å²) in [4.78, 5) is 17.2. The van der Waals surface area contributed by atoms with E-state index in [9.17, 15) is 9.00 Å². The van der Waals surface area contributed by atoms with Crippen LogP contribution in [0.2, 0.25) is 0 Å². The van der Waals surface area contributed by atoms with Crippen molar-refractivity contribution in [3.05, 3.63) is 89.2 Å². The fourth-order valence-electron chi connectivity index (χ4n) is 2.57. The molecule has 3 aromatic rings. The van der Waals surface area contributed by atoms with Crippen molar-refractivity contribution >= 4 is 15.6 Å². The summed E-state index contributed by atoms with van der Waals surface area (Å²) in [6, 6.07) is 16.1. The fourth-order valence-corrected chi connectivity index (χ4v) is 3.74. The molecule has 0 aliphatic heterocycles. The molecule has 0 bridgehead atoms. The summed E-state index contributed by atoms with van der Waals surface area (Å²) < 4.78 is 22.1. The minimum Gasteiger partial charge on any atom is -0.495 e. The van der Waals surface area contributed by atoms with Gasteiger partial charge in [0.1, 0.15) is 5.75 Å². The van der Waals surface area contributed by atoms with E-state index >= 15 is 0 Å². The van der Waals surface area contributed by atoms with Crippen LogP contribution in [0.5, 0.6) is 5.75 Å². The number of ether oxygens (including phenoxy) is 1. The number of benzene rings is 2. The SMILES string of the molecule is COc1ccccc1C#Cc1cncc(C(=O)N=S(C)(=O)c2ccc(C)cc2)c1. The predicted molar refractivity (Wildman–Crippen MR) is 113 cm³/mol. The maximum absolute atomic E-state index is 12.9. The summed E-state index contributed by atoms with van der Waals surface area (Å²) >= 11 is 0. The molecule has 0 fully saturated rings. The van der Waals surface area contributed by atoms with Crippen molar-refractivity contribution in [2.45, 2.75) is 11.8 Å². The Bertz CT molecular complexity index is 1230. The van der Waals surface area contributed by atoms with Crippen LogP contribution in [0.25, 0.3) is 0 Å². The molecule has 146 valence electrons. The Morgan fingerprint density at radius 1 is 1.07 bits per heavy atom. The topological polar surface area (TPSA) is 68.6 Å². The highest BCUT2D eigenvalue weighted by Gasteiger charge is 2.12. The first-order valence-corrected chi connectivity index (χ1v) is 10.7. The van der Waals surface area contributed by atoms with E-state index in [0.29, 0.717) is 16.2 Å². The molecule has 0 saturated heterocycles. The molecule has 3 rings (SSSR count). The van der Waals surface area contributed by atoms with Crippen LogP contribution in [0.4, 0.5) is 0 Å². The number of carbonyl (C=O) groups excluding carboxylic acids is 1. The zero-order valence-electron chi connectivity index (χ0n) is 16.4. The molecule has 29 heavy (non-hydrogen) atoms. The van der Waals surface area contributed by atoms with E-state index in [2.05, 4.69) is 21.2 Å². The van der Waals surface area contributed by atoms with E-state index in [4.69, 9.17) is 4.74 Å². The van der Waals surface area contributed by atoms with Gasteiger partial charge in [0.25, 0.3) is 5.91 Å². The van der Waals surface area contributed by atoms with Gasteiger partial charge in [-0.05, 0) is 37.3 Å². The second-order valence-corrected chi connectivity index (χ2v) is 8.68. The van der Waals surface area contributed by atoms with E-state index in [1.807, 2.05) is 43.3 Å². The molecule has 1 aromatic heterocycles. The quantitative estimate of drug-likeness (QED) is 0.617. The van der Waals surface area contributed by atoms with Crippen molar-refractivity contribution < 1.29 is 13.7 Å². The van der Waals surface area contributed by atoms with Gasteiger partial charge in [-0.25, -0.2) is 4.21 Å². The molecule has 1 amide bonds. The molecule has 5 nitrogen and oxygen atoms in total. The molecule has 0 saturated carbocycles. The number of aromatic nitrogens is 1. The maximum atomic E-state index is 12.9. The van der Waals surface area contributed by atoms with Crippen molar-refractivity contribution in [2.75, 3.05) is 13.4 Å². The normalized spacial score (nSPS) is 12.2. The highest BCUT2D eigenvalue weighted by molar-refractivity contribution is 7.93. The highest BCUT2D eigenvalue weighted by atomic mass is 32.2. The summed E-state index contributed by atoms with van der Waals surface area (Å²) in [5.74, 6) is 6.06. The van der Waals surface area contributed by atoms with Crippen LogP contribution in [0.3, 0.4) is 0 Å². The zero-order chi connectivity index (χ0) is 20.9. The first kappa shape index (κ1) is 20.3. The lowest BCUT2D eigenvalue weighted by Crippen LogP contribution is -2.04. The van der Waals surface area contributed by atoms with Crippen LogP contribution >= 0.6 is 0 Å². The van der Waals surface area contributed by atoms with Crippen molar-refractivity contribution in [1.82, 2.24) is 4.98 Å². The number of para-hydroxylation sites is 1. The van der Waals surface area contributed by atoms with Gasteiger partial charge in [-0.3, -0.25) is 9.78 Å². The number of aryl methyl sites for hydroxylation is 1. The highest BCUT2D eigenvalue weighted by Crippen LogP contribution is 2.17. The molecular formula is C23H20N2O3S. The third-order valence-corrected chi connectivity index (χ3v) is 5.81. The molecule has 6 heteroatoms. The lowest BCUT2D eigenvalue weighted by Gasteiger charge is -2.04.